The Bertz CT molecular complexity index is 960. The number of phenols is 4. The molecule has 0 amide bonds. The third-order valence-corrected chi connectivity index (χ3v) is 4.39. The highest BCUT2D eigenvalue weighted by atomic mass is 16.4. The normalized spacial score (nSPS) is 18.7. The average molecular weight is 358 g/mol. The zero-order valence-electron chi connectivity index (χ0n) is 13.1. The third-order valence-electron chi connectivity index (χ3n) is 4.39. The number of rotatable bonds is 3. The third kappa shape index (κ3) is 2.57. The van der Waals surface area contributed by atoms with E-state index < -0.39 is 46.8 Å². The summed E-state index contributed by atoms with van der Waals surface area (Å²) in [5.74, 6) is -7.75. The molecule has 1 aliphatic rings. The Morgan fingerprint density at radius 2 is 1.50 bits per heavy atom. The molecule has 8 nitrogen and oxygen atoms in total. The first-order chi connectivity index (χ1) is 12.2. The quantitative estimate of drug-likeness (QED) is 0.455. The summed E-state index contributed by atoms with van der Waals surface area (Å²) < 4.78 is 0. The van der Waals surface area contributed by atoms with E-state index in [9.17, 15) is 40.2 Å². The van der Waals surface area contributed by atoms with Gasteiger partial charge in [0.15, 0.2) is 23.0 Å². The van der Waals surface area contributed by atoms with E-state index in [0.29, 0.717) is 0 Å². The maximum absolute atomic E-state index is 12.0. The molecule has 2 aromatic carbocycles. The summed E-state index contributed by atoms with van der Waals surface area (Å²) in [7, 11) is 0. The number of fused-ring (bicyclic) bond motifs is 1. The van der Waals surface area contributed by atoms with Gasteiger partial charge in [-0.25, -0.2) is 4.79 Å². The van der Waals surface area contributed by atoms with Crippen LogP contribution in [0.25, 0.3) is 6.08 Å². The number of carbonyl (C=O) groups is 2. The van der Waals surface area contributed by atoms with Crippen LogP contribution in [0, 0.1) is 0 Å². The highest BCUT2D eigenvalue weighted by molar-refractivity contribution is 5.99. The molecule has 0 bridgehead atoms. The number of hydrogen-bond donors (Lipinski definition) is 6. The van der Waals surface area contributed by atoms with Crippen molar-refractivity contribution in [3.05, 3.63) is 52.6 Å². The molecule has 3 rings (SSSR count). The van der Waals surface area contributed by atoms with Gasteiger partial charge >= 0.3 is 11.9 Å². The van der Waals surface area contributed by atoms with Gasteiger partial charge in [0.05, 0.1) is 5.92 Å². The molecule has 0 aliphatic heterocycles. The minimum Gasteiger partial charge on any atom is -0.504 e. The Hall–Kier alpha value is -3.68. The van der Waals surface area contributed by atoms with Gasteiger partial charge in [0.25, 0.3) is 0 Å². The molecule has 0 fully saturated rings. The minimum atomic E-state index is -1.53. The second kappa shape index (κ2) is 5.99. The average Bonchev–Trinajstić information content (AvgIpc) is 2.58. The molecule has 2 aromatic rings. The summed E-state index contributed by atoms with van der Waals surface area (Å²) in [4.78, 5) is 23.7. The van der Waals surface area contributed by atoms with Crippen LogP contribution in [0.2, 0.25) is 0 Å². The first kappa shape index (κ1) is 17.2. The fourth-order valence-electron chi connectivity index (χ4n) is 3.24. The number of carboxylic acids is 2. The van der Waals surface area contributed by atoms with Gasteiger partial charge in [0.1, 0.15) is 0 Å². The van der Waals surface area contributed by atoms with E-state index in [2.05, 4.69) is 0 Å². The molecule has 134 valence electrons. The van der Waals surface area contributed by atoms with Crippen molar-refractivity contribution in [2.75, 3.05) is 0 Å². The van der Waals surface area contributed by atoms with Crippen molar-refractivity contribution in [2.45, 2.75) is 11.8 Å². The predicted molar refractivity (Wildman–Crippen MR) is 88.3 cm³/mol. The molecule has 0 spiro atoms. The van der Waals surface area contributed by atoms with E-state index in [0.717, 1.165) is 18.2 Å². The van der Waals surface area contributed by atoms with Crippen LogP contribution in [0.15, 0.2) is 35.9 Å². The van der Waals surface area contributed by atoms with Crippen LogP contribution in [0.5, 0.6) is 23.0 Å². The van der Waals surface area contributed by atoms with Gasteiger partial charge < -0.3 is 30.6 Å². The highest BCUT2D eigenvalue weighted by Gasteiger charge is 2.42. The molecule has 8 heteroatoms. The second-order valence-corrected chi connectivity index (χ2v) is 5.88. The van der Waals surface area contributed by atoms with Crippen molar-refractivity contribution in [2.24, 2.45) is 0 Å². The van der Waals surface area contributed by atoms with Gasteiger partial charge in [0.2, 0.25) is 0 Å². The molecule has 0 aromatic heterocycles. The van der Waals surface area contributed by atoms with Gasteiger partial charge in [-0.05, 0) is 35.4 Å². The lowest BCUT2D eigenvalue weighted by molar-refractivity contribution is -0.139. The molecule has 2 atom stereocenters. The van der Waals surface area contributed by atoms with E-state index >= 15 is 0 Å². The lowest BCUT2D eigenvalue weighted by atomic mass is 9.71. The topological polar surface area (TPSA) is 156 Å². The molecule has 26 heavy (non-hydrogen) atoms. The van der Waals surface area contributed by atoms with Crippen molar-refractivity contribution in [3.63, 3.8) is 0 Å². The van der Waals surface area contributed by atoms with Crippen LogP contribution in [0.1, 0.15) is 28.5 Å². The first-order valence-electron chi connectivity index (χ1n) is 7.46. The molecular formula is C18H14O8. The van der Waals surface area contributed by atoms with Crippen molar-refractivity contribution in [3.8, 4) is 23.0 Å². The highest BCUT2D eigenvalue weighted by Crippen LogP contribution is 2.50. The summed E-state index contributed by atoms with van der Waals surface area (Å²) in [6.45, 7) is 0. The predicted octanol–water partition coefficient (Wildman–Crippen LogP) is 1.94. The van der Waals surface area contributed by atoms with Crippen molar-refractivity contribution in [1.29, 1.82) is 0 Å². The zero-order chi connectivity index (χ0) is 19.2. The molecule has 0 saturated heterocycles. The van der Waals surface area contributed by atoms with Crippen molar-refractivity contribution < 1.29 is 40.2 Å². The van der Waals surface area contributed by atoms with Crippen molar-refractivity contribution in [1.82, 2.24) is 0 Å². The summed E-state index contributed by atoms with van der Waals surface area (Å²) in [5.41, 5.74) is -0.112. The molecule has 0 heterocycles. The van der Waals surface area contributed by atoms with Crippen LogP contribution in [-0.2, 0) is 9.59 Å². The Balaban J connectivity index is 2.33. The molecule has 0 saturated carbocycles. The van der Waals surface area contributed by atoms with Gasteiger partial charge in [-0.15, -0.1) is 0 Å². The van der Waals surface area contributed by atoms with E-state index in [1.165, 1.54) is 18.2 Å². The monoisotopic (exact) mass is 358 g/mol. The van der Waals surface area contributed by atoms with E-state index in [-0.39, 0.29) is 22.3 Å². The number of benzene rings is 2. The maximum atomic E-state index is 12.0. The minimum absolute atomic E-state index is 0.120. The zero-order valence-corrected chi connectivity index (χ0v) is 13.1. The van der Waals surface area contributed by atoms with E-state index in [4.69, 9.17) is 0 Å². The van der Waals surface area contributed by atoms with Crippen molar-refractivity contribution >= 4 is 18.0 Å². The smallest absolute Gasteiger partial charge is 0.332 e. The van der Waals surface area contributed by atoms with Gasteiger partial charge in [-0.1, -0.05) is 12.1 Å². The number of carboxylic acid groups (broad SMARTS) is 2. The van der Waals surface area contributed by atoms with Gasteiger partial charge in [-0.3, -0.25) is 4.79 Å². The number of aliphatic carboxylic acids is 2. The number of aromatic hydroxyl groups is 4. The molecule has 1 aliphatic carbocycles. The lowest BCUT2D eigenvalue weighted by Gasteiger charge is -2.31. The summed E-state index contributed by atoms with van der Waals surface area (Å²) >= 11 is 0. The first-order valence-corrected chi connectivity index (χ1v) is 7.46. The largest absolute Gasteiger partial charge is 0.504 e. The molecule has 6 N–H and O–H groups in total. The SMILES string of the molecule is O=C(O)C1=Cc2ccc(O)c(O)c2C(C(=O)O)C1c1ccc(O)c(O)c1. The summed E-state index contributed by atoms with van der Waals surface area (Å²) in [6.07, 6.45) is 1.21. The Morgan fingerprint density at radius 1 is 0.846 bits per heavy atom. The molecular weight excluding hydrogens is 344 g/mol. The number of phenolic OH excluding ortho intramolecular Hbond substituents is 4. The standard InChI is InChI=1S/C18H14O8/c19-10-3-1-8(6-12(10)21)13-9(17(23)24)5-7-2-4-11(20)16(22)14(7)15(13)18(25)26/h1-6,13,15,19-22H,(H,23,24)(H,25,26). The van der Waals surface area contributed by atoms with E-state index in [1.54, 1.807) is 0 Å². The summed E-state index contributed by atoms with van der Waals surface area (Å²) in [6, 6.07) is 5.92. The van der Waals surface area contributed by atoms with Gasteiger partial charge in [-0.2, -0.15) is 0 Å². The summed E-state index contributed by atoms with van der Waals surface area (Å²) in [5, 5.41) is 58.4. The van der Waals surface area contributed by atoms with Crippen LogP contribution < -0.4 is 0 Å². The van der Waals surface area contributed by atoms with Crippen LogP contribution in [0.4, 0.5) is 0 Å². The second-order valence-electron chi connectivity index (χ2n) is 5.88. The molecule has 2 unspecified atom stereocenters. The van der Waals surface area contributed by atoms with Gasteiger partial charge in [0, 0.05) is 17.1 Å². The Labute approximate surface area is 146 Å². The van der Waals surface area contributed by atoms with Crippen LogP contribution >= 0.6 is 0 Å². The Kier molecular flexibility index (Phi) is 3.96. The molecule has 0 radical (unpaired) electrons. The van der Waals surface area contributed by atoms with Crippen LogP contribution in [-0.4, -0.2) is 42.6 Å². The number of hydrogen-bond acceptors (Lipinski definition) is 6. The Morgan fingerprint density at radius 3 is 2.08 bits per heavy atom. The van der Waals surface area contributed by atoms with Crippen LogP contribution in [0.3, 0.4) is 0 Å². The maximum Gasteiger partial charge on any atom is 0.332 e. The lowest BCUT2D eigenvalue weighted by Crippen LogP contribution is -2.28. The fourth-order valence-corrected chi connectivity index (χ4v) is 3.24. The fraction of sp³-hybridized carbons (Fsp3) is 0.111. The van der Waals surface area contributed by atoms with E-state index in [1.807, 2.05) is 0 Å².